The van der Waals surface area contributed by atoms with Crippen molar-refractivity contribution in [2.75, 3.05) is 33.7 Å². The van der Waals surface area contributed by atoms with Crippen molar-refractivity contribution in [1.29, 1.82) is 0 Å². The molecular formula is C15H24N3O13P3. The van der Waals surface area contributed by atoms with E-state index in [0.717, 1.165) is 25.9 Å². The zero-order chi connectivity index (χ0) is 25.7. The molecule has 4 N–H and O–H groups in total. The molecule has 0 bridgehead atoms. The Hall–Kier alpha value is -1.43. The van der Waals surface area contributed by atoms with Crippen LogP contribution in [0.1, 0.15) is 25.1 Å². The smallest absolute Gasteiger partial charge is 0.390 e. The summed E-state index contributed by atoms with van der Waals surface area (Å²) >= 11 is 0. The summed E-state index contributed by atoms with van der Waals surface area (Å²) in [5.74, 6) is 5.24. The van der Waals surface area contributed by atoms with Crippen LogP contribution in [-0.4, -0.2) is 59.7 Å². The van der Waals surface area contributed by atoms with E-state index in [-0.39, 0.29) is 17.8 Å². The van der Waals surface area contributed by atoms with Crippen LogP contribution in [0, 0.1) is 11.8 Å². The first-order valence-corrected chi connectivity index (χ1v) is 13.6. The number of anilines is 1. The van der Waals surface area contributed by atoms with Gasteiger partial charge in [-0.25, -0.2) is 18.5 Å². The molecule has 0 saturated carbocycles. The average molecular weight is 547 g/mol. The number of phosphoric acid groups is 3. The lowest BCUT2D eigenvalue weighted by Crippen LogP contribution is -2.29. The van der Waals surface area contributed by atoms with Crippen LogP contribution in [0.5, 0.6) is 0 Å². The third-order valence-corrected chi connectivity index (χ3v) is 9.28. The molecule has 1 aliphatic rings. The number of nitrogens with zero attached hydrogens (tertiary/aromatic N) is 2. The van der Waals surface area contributed by atoms with E-state index in [1.807, 2.05) is 0 Å². The molecule has 16 nitrogen and oxygen atoms in total. The number of aliphatic hydroxyl groups is 1. The lowest BCUT2D eigenvalue weighted by Gasteiger charge is -2.23. The minimum absolute atomic E-state index is 0.0714. The van der Waals surface area contributed by atoms with Gasteiger partial charge in [-0.3, -0.25) is 22.7 Å². The largest absolute Gasteiger partial charge is 0.492 e. The average Bonchev–Trinajstić information content (AvgIpc) is 3.14. The lowest BCUT2D eigenvalue weighted by molar-refractivity contribution is -0.0457. The molecule has 6 unspecified atom stereocenters. The lowest BCUT2D eigenvalue weighted by atomic mass is 10.2. The van der Waals surface area contributed by atoms with E-state index in [4.69, 9.17) is 15.0 Å². The number of phosphoric ester groups is 2. The number of nitrogen functional groups attached to an aromatic ring is 1. The molecule has 2 heterocycles. The van der Waals surface area contributed by atoms with Gasteiger partial charge in [-0.2, -0.15) is 13.6 Å². The van der Waals surface area contributed by atoms with Gasteiger partial charge in [-0.05, 0) is 6.92 Å². The number of aliphatic hydroxyl groups excluding tert-OH is 1. The fourth-order valence-electron chi connectivity index (χ4n) is 2.59. The third kappa shape index (κ3) is 7.29. The van der Waals surface area contributed by atoms with Crippen LogP contribution in [0.4, 0.5) is 5.82 Å². The van der Waals surface area contributed by atoms with Crippen molar-refractivity contribution in [1.82, 2.24) is 9.55 Å². The van der Waals surface area contributed by atoms with Crippen LogP contribution in [-0.2, 0) is 45.1 Å². The maximum atomic E-state index is 12.7. The van der Waals surface area contributed by atoms with Crippen LogP contribution in [0.25, 0.3) is 0 Å². The van der Waals surface area contributed by atoms with E-state index in [2.05, 4.69) is 39.0 Å². The third-order valence-electron chi connectivity index (χ3n) is 4.23. The van der Waals surface area contributed by atoms with Gasteiger partial charge in [-0.1, -0.05) is 5.92 Å². The number of nitrogens with two attached hydrogens (primary N) is 1. The minimum Gasteiger partial charge on any atom is -0.390 e. The summed E-state index contributed by atoms with van der Waals surface area (Å²) < 4.78 is 70.4. The summed E-state index contributed by atoms with van der Waals surface area (Å²) in [4.78, 5) is 25.2. The molecule has 6 atom stereocenters. The summed E-state index contributed by atoms with van der Waals surface area (Å²) in [7, 11) is -12.2. The van der Waals surface area contributed by atoms with Crippen molar-refractivity contribution in [3.05, 3.63) is 22.2 Å². The van der Waals surface area contributed by atoms with Gasteiger partial charge in [0.05, 0.1) is 18.3 Å². The summed E-state index contributed by atoms with van der Waals surface area (Å²) in [5, 5.41) is 10.3. The van der Waals surface area contributed by atoms with Gasteiger partial charge >= 0.3 is 29.2 Å². The topological polar surface area (TPSA) is 217 Å². The van der Waals surface area contributed by atoms with Gasteiger partial charge in [0.15, 0.2) is 0 Å². The first-order valence-electron chi connectivity index (χ1n) is 9.23. The SMILES string of the molecule is CC#Cc1cn(C2CC(O)C(COP(=O)(OC)OP(=O)(OC)OP(=O)(O)OC)O2)c(=O)nc1N. The quantitative estimate of drug-likeness (QED) is 0.261. The van der Waals surface area contributed by atoms with Crippen LogP contribution < -0.4 is 11.4 Å². The van der Waals surface area contributed by atoms with Crippen molar-refractivity contribution >= 4 is 29.3 Å². The summed E-state index contributed by atoms with van der Waals surface area (Å²) in [6.45, 7) is 0.919. The molecule has 0 spiro atoms. The molecule has 192 valence electrons. The van der Waals surface area contributed by atoms with Gasteiger partial charge in [0.1, 0.15) is 18.1 Å². The Balaban J connectivity index is 2.14. The molecule has 1 saturated heterocycles. The molecule has 0 amide bonds. The highest BCUT2D eigenvalue weighted by molar-refractivity contribution is 7.67. The maximum absolute atomic E-state index is 12.7. The Kier molecular flexibility index (Phi) is 9.77. The highest BCUT2D eigenvalue weighted by Gasteiger charge is 2.46. The van der Waals surface area contributed by atoms with E-state index in [9.17, 15) is 28.5 Å². The molecule has 2 rings (SSSR count). The first kappa shape index (κ1) is 28.8. The van der Waals surface area contributed by atoms with Crippen molar-refractivity contribution in [2.45, 2.75) is 31.8 Å². The number of ether oxygens (including phenoxy) is 1. The second-order valence-electron chi connectivity index (χ2n) is 6.41. The Bertz CT molecular complexity index is 1150. The standard InChI is InChI=1S/C15H24N3O13P3/c1-5-6-10-8-18(15(20)17-14(10)16)13-7-11(19)12(29-13)9-28-33(23,26-3)31-34(24,27-4)30-32(21,22)25-2/h8,11-13,19H,7,9H2,1-4H3,(H,21,22)(H2,16,17,20). The van der Waals surface area contributed by atoms with Gasteiger partial charge in [-0.15, -0.1) is 5.92 Å². The monoisotopic (exact) mass is 547 g/mol. The highest BCUT2D eigenvalue weighted by Crippen LogP contribution is 2.71. The molecule has 1 fully saturated rings. The van der Waals surface area contributed by atoms with E-state index in [0.29, 0.717) is 0 Å². The normalized spacial score (nSPS) is 25.5. The summed E-state index contributed by atoms with van der Waals surface area (Å²) in [5.41, 5.74) is 5.18. The molecule has 0 radical (unpaired) electrons. The predicted molar refractivity (Wildman–Crippen MR) is 114 cm³/mol. The maximum Gasteiger partial charge on any atom is 0.492 e. The molecule has 1 aromatic rings. The van der Waals surface area contributed by atoms with Crippen molar-refractivity contribution in [3.63, 3.8) is 0 Å². The van der Waals surface area contributed by atoms with Gasteiger partial charge in [0, 0.05) is 33.9 Å². The van der Waals surface area contributed by atoms with Gasteiger partial charge in [0.2, 0.25) is 0 Å². The van der Waals surface area contributed by atoms with E-state index in [1.165, 1.54) is 6.20 Å². The molecule has 0 aromatic carbocycles. The minimum atomic E-state index is -4.97. The van der Waals surface area contributed by atoms with Crippen molar-refractivity contribution in [2.24, 2.45) is 0 Å². The summed E-state index contributed by atoms with van der Waals surface area (Å²) in [6.07, 6.45) is -2.14. The number of rotatable bonds is 11. The molecule has 1 aromatic heterocycles. The van der Waals surface area contributed by atoms with Crippen molar-refractivity contribution in [3.8, 4) is 11.8 Å². The van der Waals surface area contributed by atoms with E-state index in [1.54, 1.807) is 6.92 Å². The Morgan fingerprint density at radius 3 is 2.41 bits per heavy atom. The predicted octanol–water partition coefficient (Wildman–Crippen LogP) is 1.15. The van der Waals surface area contributed by atoms with Crippen LogP contribution in [0.3, 0.4) is 0 Å². The second-order valence-corrected chi connectivity index (χ2v) is 11.8. The molecule has 34 heavy (non-hydrogen) atoms. The van der Waals surface area contributed by atoms with Crippen molar-refractivity contribution < 1.29 is 55.1 Å². The number of hydrogen-bond donors (Lipinski definition) is 3. The fraction of sp³-hybridized carbons (Fsp3) is 0.600. The van der Waals surface area contributed by atoms with Crippen LogP contribution in [0.2, 0.25) is 0 Å². The second kappa shape index (κ2) is 11.5. The van der Waals surface area contributed by atoms with Gasteiger partial charge < -0.3 is 20.5 Å². The summed E-state index contributed by atoms with van der Waals surface area (Å²) in [6, 6.07) is 0. The van der Waals surface area contributed by atoms with E-state index >= 15 is 0 Å². The molecule has 0 aliphatic carbocycles. The Morgan fingerprint density at radius 2 is 1.85 bits per heavy atom. The fourth-order valence-corrected chi connectivity index (χ4v) is 6.66. The number of aromatic nitrogens is 2. The van der Waals surface area contributed by atoms with Crippen LogP contribution >= 0.6 is 23.5 Å². The highest BCUT2D eigenvalue weighted by atomic mass is 31.3. The van der Waals surface area contributed by atoms with E-state index < -0.39 is 54.2 Å². The first-order chi connectivity index (χ1) is 15.8. The molecular weight excluding hydrogens is 523 g/mol. The van der Waals surface area contributed by atoms with Gasteiger partial charge in [0.25, 0.3) is 0 Å². The Labute approximate surface area is 194 Å². The number of hydrogen-bond acceptors (Lipinski definition) is 14. The molecule has 19 heteroatoms. The zero-order valence-electron chi connectivity index (χ0n) is 18.4. The molecule has 1 aliphatic heterocycles. The van der Waals surface area contributed by atoms with Crippen LogP contribution in [0.15, 0.2) is 11.0 Å². The Morgan fingerprint density at radius 1 is 1.21 bits per heavy atom. The zero-order valence-corrected chi connectivity index (χ0v) is 21.1.